The zero-order valence-corrected chi connectivity index (χ0v) is 12.8. The van der Waals surface area contributed by atoms with E-state index in [4.69, 9.17) is 0 Å². The third-order valence-corrected chi connectivity index (χ3v) is 4.93. The van der Waals surface area contributed by atoms with E-state index >= 15 is 0 Å². The van der Waals surface area contributed by atoms with Crippen LogP contribution in [0.1, 0.15) is 12.8 Å². The lowest BCUT2D eigenvalue weighted by atomic mass is 10.1. The minimum Gasteiger partial charge on any atom is -0.367 e. The average Bonchev–Trinajstić information content (AvgIpc) is 3.13. The van der Waals surface area contributed by atoms with E-state index in [1.807, 2.05) is 0 Å². The van der Waals surface area contributed by atoms with E-state index in [9.17, 15) is 0 Å². The summed E-state index contributed by atoms with van der Waals surface area (Å²) in [6.07, 6.45) is 2.81. The van der Waals surface area contributed by atoms with Crippen LogP contribution in [0.25, 0.3) is 0 Å². The first-order valence-electron chi connectivity index (χ1n) is 6.18. The summed E-state index contributed by atoms with van der Waals surface area (Å²) in [5.74, 6) is 0.916. The number of para-hydroxylation sites is 1. The van der Waals surface area contributed by atoms with E-state index in [-0.39, 0.29) is 0 Å². The van der Waals surface area contributed by atoms with Crippen molar-refractivity contribution in [3.05, 3.63) is 27.1 Å². The summed E-state index contributed by atoms with van der Waals surface area (Å²) >= 11 is 7.33. The number of nitrogens with zero attached hydrogens (tertiary/aromatic N) is 1. The molecule has 1 atom stereocenters. The molecule has 2 nitrogen and oxygen atoms in total. The van der Waals surface area contributed by atoms with Gasteiger partial charge in [0.05, 0.1) is 5.69 Å². The molecule has 0 bridgehead atoms. The van der Waals surface area contributed by atoms with Gasteiger partial charge >= 0.3 is 0 Å². The van der Waals surface area contributed by atoms with Crippen LogP contribution in [0.2, 0.25) is 0 Å². The second-order valence-corrected chi connectivity index (χ2v) is 6.62. The lowest BCUT2D eigenvalue weighted by molar-refractivity contribution is 0.418. The van der Waals surface area contributed by atoms with Gasteiger partial charge in [0.15, 0.2) is 0 Å². The first-order valence-corrected chi connectivity index (χ1v) is 7.76. The second kappa shape index (κ2) is 4.90. The van der Waals surface area contributed by atoms with Crippen LogP contribution in [-0.2, 0) is 0 Å². The van der Waals surface area contributed by atoms with Gasteiger partial charge in [-0.3, -0.25) is 0 Å². The molecule has 2 aliphatic rings. The fourth-order valence-corrected chi connectivity index (χ4v) is 4.09. The van der Waals surface area contributed by atoms with Crippen molar-refractivity contribution in [1.29, 1.82) is 0 Å². The summed E-state index contributed by atoms with van der Waals surface area (Å²) in [6, 6.07) is 6.99. The molecule has 4 heteroatoms. The minimum absolute atomic E-state index is 0.683. The normalized spacial score (nSPS) is 25.1. The highest BCUT2D eigenvalue weighted by Crippen LogP contribution is 2.38. The number of piperazine rings is 1. The number of nitrogens with one attached hydrogen (secondary N) is 1. The number of hydrogen-bond acceptors (Lipinski definition) is 2. The van der Waals surface area contributed by atoms with Crippen molar-refractivity contribution in [2.75, 3.05) is 24.5 Å². The Morgan fingerprint density at radius 3 is 2.53 bits per heavy atom. The topological polar surface area (TPSA) is 15.3 Å². The Morgan fingerprint density at radius 1 is 1.18 bits per heavy atom. The minimum atomic E-state index is 0.683. The highest BCUT2D eigenvalue weighted by molar-refractivity contribution is 9.11. The van der Waals surface area contributed by atoms with E-state index in [0.29, 0.717) is 6.04 Å². The Hall–Kier alpha value is -0.0600. The molecule has 0 aromatic heterocycles. The van der Waals surface area contributed by atoms with Crippen LogP contribution in [0.4, 0.5) is 5.69 Å². The van der Waals surface area contributed by atoms with E-state index in [1.165, 1.54) is 27.5 Å². The number of halogens is 2. The summed E-state index contributed by atoms with van der Waals surface area (Å²) in [7, 11) is 0. The molecule has 92 valence electrons. The quantitative estimate of drug-likeness (QED) is 0.870. The summed E-state index contributed by atoms with van der Waals surface area (Å²) in [5, 5.41) is 3.65. The monoisotopic (exact) mass is 358 g/mol. The number of anilines is 1. The molecular formula is C13H16Br2N2. The fourth-order valence-electron chi connectivity index (χ4n) is 2.59. The third kappa shape index (κ3) is 2.54. The largest absolute Gasteiger partial charge is 0.367 e. The maximum absolute atomic E-state index is 3.66. The van der Waals surface area contributed by atoms with Crippen molar-refractivity contribution >= 4 is 37.5 Å². The molecule has 0 spiro atoms. The van der Waals surface area contributed by atoms with E-state index in [0.717, 1.165) is 25.6 Å². The fraction of sp³-hybridized carbons (Fsp3) is 0.538. The Kier molecular flexibility index (Phi) is 3.46. The molecule has 0 amide bonds. The number of rotatable bonds is 2. The van der Waals surface area contributed by atoms with Crippen molar-refractivity contribution in [2.24, 2.45) is 5.92 Å². The second-order valence-electron chi connectivity index (χ2n) is 4.91. The molecular weight excluding hydrogens is 344 g/mol. The van der Waals surface area contributed by atoms with Gasteiger partial charge in [-0.05, 0) is 62.8 Å². The van der Waals surface area contributed by atoms with Crippen molar-refractivity contribution in [3.8, 4) is 0 Å². The van der Waals surface area contributed by atoms with Crippen LogP contribution in [-0.4, -0.2) is 25.7 Å². The lowest BCUT2D eigenvalue weighted by Crippen LogP contribution is -2.52. The standard InChI is InChI=1S/C13H16Br2N2/c14-10-2-1-3-11(15)13(10)17-7-6-16-12(8-17)9-4-5-9/h1-3,9,12,16H,4-8H2. The van der Waals surface area contributed by atoms with Crippen LogP contribution in [0.15, 0.2) is 27.1 Å². The van der Waals surface area contributed by atoms with Gasteiger partial charge in [-0.25, -0.2) is 0 Å². The van der Waals surface area contributed by atoms with Gasteiger partial charge in [0.1, 0.15) is 0 Å². The van der Waals surface area contributed by atoms with Gasteiger partial charge in [-0.15, -0.1) is 0 Å². The molecule has 1 aromatic carbocycles. The molecule has 1 saturated heterocycles. The highest BCUT2D eigenvalue weighted by atomic mass is 79.9. The molecule has 2 fully saturated rings. The first kappa shape index (κ1) is 12.0. The lowest BCUT2D eigenvalue weighted by Gasteiger charge is -2.36. The van der Waals surface area contributed by atoms with Crippen molar-refractivity contribution in [1.82, 2.24) is 5.32 Å². The number of hydrogen-bond donors (Lipinski definition) is 1. The summed E-state index contributed by atoms with van der Waals surface area (Å²) < 4.78 is 2.37. The van der Waals surface area contributed by atoms with E-state index in [1.54, 1.807) is 0 Å². The smallest absolute Gasteiger partial charge is 0.0655 e. The Bertz CT molecular complexity index is 398. The zero-order valence-electron chi connectivity index (χ0n) is 9.63. The molecule has 0 radical (unpaired) electrons. The molecule has 1 aliphatic carbocycles. The van der Waals surface area contributed by atoms with Gasteiger partial charge in [-0.1, -0.05) is 6.07 Å². The molecule has 1 saturated carbocycles. The van der Waals surface area contributed by atoms with Crippen LogP contribution >= 0.6 is 31.9 Å². The summed E-state index contributed by atoms with van der Waals surface area (Å²) in [4.78, 5) is 2.49. The molecule has 1 aromatic rings. The first-order chi connectivity index (χ1) is 8.25. The summed E-state index contributed by atoms with van der Waals surface area (Å²) in [5.41, 5.74) is 1.31. The average molecular weight is 360 g/mol. The third-order valence-electron chi connectivity index (χ3n) is 3.65. The Labute approximate surface area is 119 Å². The van der Waals surface area contributed by atoms with Gasteiger partial charge < -0.3 is 10.2 Å². The molecule has 17 heavy (non-hydrogen) atoms. The molecule has 1 N–H and O–H groups in total. The van der Waals surface area contributed by atoms with Crippen molar-refractivity contribution < 1.29 is 0 Å². The Morgan fingerprint density at radius 2 is 1.88 bits per heavy atom. The molecule has 1 aliphatic heterocycles. The zero-order chi connectivity index (χ0) is 11.8. The van der Waals surface area contributed by atoms with Crippen LogP contribution in [0.5, 0.6) is 0 Å². The Balaban J connectivity index is 1.82. The summed E-state index contributed by atoms with van der Waals surface area (Å²) in [6.45, 7) is 3.31. The van der Waals surface area contributed by atoms with Gasteiger partial charge in [0, 0.05) is 34.6 Å². The van der Waals surface area contributed by atoms with Crippen LogP contribution in [0.3, 0.4) is 0 Å². The molecule has 3 rings (SSSR count). The molecule has 1 heterocycles. The van der Waals surface area contributed by atoms with Crippen molar-refractivity contribution in [3.63, 3.8) is 0 Å². The predicted molar refractivity (Wildman–Crippen MR) is 78.6 cm³/mol. The van der Waals surface area contributed by atoms with Gasteiger partial charge in [0.2, 0.25) is 0 Å². The SMILES string of the molecule is Brc1cccc(Br)c1N1CCNC(C2CC2)C1. The van der Waals surface area contributed by atoms with Crippen LogP contribution < -0.4 is 10.2 Å². The van der Waals surface area contributed by atoms with Crippen molar-refractivity contribution in [2.45, 2.75) is 18.9 Å². The predicted octanol–water partition coefficient (Wildman–Crippen LogP) is 3.40. The maximum Gasteiger partial charge on any atom is 0.0655 e. The van der Waals surface area contributed by atoms with Gasteiger partial charge in [-0.2, -0.15) is 0 Å². The van der Waals surface area contributed by atoms with E-state index in [2.05, 4.69) is 60.3 Å². The molecule has 1 unspecified atom stereocenters. The van der Waals surface area contributed by atoms with E-state index < -0.39 is 0 Å². The maximum atomic E-state index is 3.66. The van der Waals surface area contributed by atoms with Gasteiger partial charge in [0.25, 0.3) is 0 Å². The highest BCUT2D eigenvalue weighted by Gasteiger charge is 2.34. The van der Waals surface area contributed by atoms with Crippen LogP contribution in [0, 0.1) is 5.92 Å². The number of benzene rings is 1.